The fourth-order valence-corrected chi connectivity index (χ4v) is 4.47. The fourth-order valence-electron chi connectivity index (χ4n) is 3.55. The summed E-state index contributed by atoms with van der Waals surface area (Å²) in [7, 11) is 0. The Kier molecular flexibility index (Phi) is 4.94. The number of thiophene rings is 1. The molecule has 0 bridgehead atoms. The predicted octanol–water partition coefficient (Wildman–Crippen LogP) is 4.17. The van der Waals surface area contributed by atoms with Crippen LogP contribution in [0.5, 0.6) is 5.75 Å². The Labute approximate surface area is 161 Å². The molecule has 0 N–H and O–H groups in total. The molecule has 1 amide bonds. The maximum atomic E-state index is 13.3. The Bertz CT molecular complexity index is 949. The number of rotatable bonds is 5. The third kappa shape index (κ3) is 3.47. The molecule has 3 aromatic rings. The van der Waals surface area contributed by atoms with Gasteiger partial charge in [0.05, 0.1) is 11.6 Å². The first-order valence-electron chi connectivity index (χ1n) is 9.05. The van der Waals surface area contributed by atoms with Crippen molar-refractivity contribution in [1.82, 2.24) is 15.0 Å². The van der Waals surface area contributed by atoms with Gasteiger partial charge in [0.15, 0.2) is 6.61 Å². The van der Waals surface area contributed by atoms with Crippen molar-refractivity contribution in [3.63, 3.8) is 0 Å². The molecule has 7 heteroatoms. The maximum absolute atomic E-state index is 13.3. The predicted molar refractivity (Wildman–Crippen MR) is 102 cm³/mol. The summed E-state index contributed by atoms with van der Waals surface area (Å²) in [6, 6.07) is 9.60. The van der Waals surface area contributed by atoms with E-state index in [0.717, 1.165) is 19.4 Å². The van der Waals surface area contributed by atoms with E-state index in [1.165, 1.54) is 10.4 Å². The van der Waals surface area contributed by atoms with Crippen molar-refractivity contribution in [3.05, 3.63) is 63.4 Å². The smallest absolute Gasteiger partial charge is 0.258 e. The zero-order valence-corrected chi connectivity index (χ0v) is 16.2. The first-order valence-corrected chi connectivity index (χ1v) is 9.93. The van der Waals surface area contributed by atoms with E-state index in [4.69, 9.17) is 9.26 Å². The molecule has 1 atom stereocenters. The number of amides is 1. The number of benzene rings is 1. The van der Waals surface area contributed by atoms with Gasteiger partial charge >= 0.3 is 0 Å². The van der Waals surface area contributed by atoms with E-state index < -0.39 is 0 Å². The molecule has 0 aliphatic carbocycles. The van der Waals surface area contributed by atoms with Crippen LogP contribution in [0.15, 0.2) is 40.2 Å². The molecule has 1 unspecified atom stereocenters. The molecule has 0 fully saturated rings. The van der Waals surface area contributed by atoms with Gasteiger partial charge < -0.3 is 14.2 Å². The van der Waals surface area contributed by atoms with Gasteiger partial charge in [0, 0.05) is 18.3 Å². The van der Waals surface area contributed by atoms with Crippen LogP contribution in [0.4, 0.5) is 0 Å². The van der Waals surface area contributed by atoms with Crippen LogP contribution < -0.4 is 4.74 Å². The van der Waals surface area contributed by atoms with Gasteiger partial charge in [-0.3, -0.25) is 4.79 Å². The zero-order chi connectivity index (χ0) is 18.8. The summed E-state index contributed by atoms with van der Waals surface area (Å²) in [5.74, 6) is 1.49. The van der Waals surface area contributed by atoms with E-state index in [2.05, 4.69) is 28.5 Å². The summed E-state index contributed by atoms with van der Waals surface area (Å²) in [5, 5.41) is 5.95. The Morgan fingerprint density at radius 3 is 3.00 bits per heavy atom. The second kappa shape index (κ2) is 7.52. The molecule has 6 nitrogen and oxygen atoms in total. The Hall–Kier alpha value is -2.67. The van der Waals surface area contributed by atoms with E-state index in [1.54, 1.807) is 24.3 Å². The highest BCUT2D eigenvalue weighted by molar-refractivity contribution is 7.10. The molecular weight excluding hydrogens is 362 g/mol. The second-order valence-electron chi connectivity index (χ2n) is 6.49. The van der Waals surface area contributed by atoms with Crippen LogP contribution in [0, 0.1) is 6.92 Å². The summed E-state index contributed by atoms with van der Waals surface area (Å²) in [6.07, 6.45) is 1.79. The quantitative estimate of drug-likeness (QED) is 0.661. The molecule has 1 aliphatic rings. The first-order chi connectivity index (χ1) is 13.2. The Morgan fingerprint density at radius 2 is 2.22 bits per heavy atom. The van der Waals surface area contributed by atoms with E-state index in [0.29, 0.717) is 23.0 Å². The van der Waals surface area contributed by atoms with Crippen molar-refractivity contribution in [1.29, 1.82) is 0 Å². The van der Waals surface area contributed by atoms with Crippen LogP contribution in [-0.4, -0.2) is 27.5 Å². The average Bonchev–Trinajstić information content (AvgIpc) is 3.33. The van der Waals surface area contributed by atoms with E-state index in [9.17, 15) is 4.79 Å². The van der Waals surface area contributed by atoms with Crippen LogP contribution in [-0.2, 0) is 13.0 Å². The van der Waals surface area contributed by atoms with Crippen molar-refractivity contribution in [2.45, 2.75) is 39.3 Å². The summed E-state index contributed by atoms with van der Waals surface area (Å²) < 4.78 is 10.8. The lowest BCUT2D eigenvalue weighted by Crippen LogP contribution is -2.39. The molecule has 0 radical (unpaired) electrons. The van der Waals surface area contributed by atoms with Crippen LogP contribution in [0.2, 0.25) is 0 Å². The molecular formula is C20H21N3O3S. The maximum Gasteiger partial charge on any atom is 0.258 e. The van der Waals surface area contributed by atoms with Crippen molar-refractivity contribution >= 4 is 17.2 Å². The Morgan fingerprint density at radius 1 is 1.37 bits per heavy atom. The SMILES string of the molecule is CCC1c2ccsc2CCN1C(=O)c1ccccc1OCc1noc(C)n1. The number of carbonyl (C=O) groups is 1. The van der Waals surface area contributed by atoms with Gasteiger partial charge in [-0.1, -0.05) is 24.2 Å². The molecule has 1 aliphatic heterocycles. The van der Waals surface area contributed by atoms with Gasteiger partial charge in [-0.25, -0.2) is 0 Å². The number of fused-ring (bicyclic) bond motifs is 1. The van der Waals surface area contributed by atoms with E-state index in [-0.39, 0.29) is 18.6 Å². The van der Waals surface area contributed by atoms with Crippen molar-refractivity contribution in [2.24, 2.45) is 0 Å². The Balaban J connectivity index is 1.57. The van der Waals surface area contributed by atoms with Gasteiger partial charge in [0.2, 0.25) is 11.7 Å². The minimum absolute atomic E-state index is 0.00130. The number of aromatic nitrogens is 2. The second-order valence-corrected chi connectivity index (χ2v) is 7.49. The molecule has 4 rings (SSSR count). The minimum atomic E-state index is -0.00130. The molecule has 3 heterocycles. The monoisotopic (exact) mass is 383 g/mol. The minimum Gasteiger partial charge on any atom is -0.485 e. The number of hydrogen-bond donors (Lipinski definition) is 0. The lowest BCUT2D eigenvalue weighted by Gasteiger charge is -2.35. The third-order valence-electron chi connectivity index (χ3n) is 4.79. The number of hydrogen-bond acceptors (Lipinski definition) is 6. The highest BCUT2D eigenvalue weighted by Gasteiger charge is 2.32. The highest BCUT2D eigenvalue weighted by Crippen LogP contribution is 2.36. The van der Waals surface area contributed by atoms with E-state index >= 15 is 0 Å². The van der Waals surface area contributed by atoms with Crippen molar-refractivity contribution in [3.8, 4) is 5.75 Å². The molecule has 27 heavy (non-hydrogen) atoms. The van der Waals surface area contributed by atoms with Gasteiger partial charge in [0.25, 0.3) is 5.91 Å². The standard InChI is InChI=1S/C20H21N3O3S/c1-3-16-14-9-11-27-18(14)8-10-23(16)20(24)15-6-4-5-7-17(15)25-12-19-21-13(2)26-22-19/h4-7,9,11,16H,3,8,10,12H2,1-2H3. The van der Waals surface area contributed by atoms with Gasteiger partial charge in [-0.15, -0.1) is 11.3 Å². The molecule has 1 aromatic carbocycles. The summed E-state index contributed by atoms with van der Waals surface area (Å²) in [5.41, 5.74) is 1.85. The summed E-state index contributed by atoms with van der Waals surface area (Å²) in [6.45, 7) is 4.74. The topological polar surface area (TPSA) is 68.5 Å². The molecule has 2 aromatic heterocycles. The number of para-hydroxylation sites is 1. The van der Waals surface area contributed by atoms with Crippen LogP contribution in [0.3, 0.4) is 0 Å². The zero-order valence-electron chi connectivity index (χ0n) is 15.3. The lowest BCUT2D eigenvalue weighted by atomic mass is 9.96. The summed E-state index contributed by atoms with van der Waals surface area (Å²) >= 11 is 1.78. The molecule has 0 spiro atoms. The lowest BCUT2D eigenvalue weighted by molar-refractivity contribution is 0.0652. The number of carbonyl (C=O) groups excluding carboxylic acids is 1. The summed E-state index contributed by atoms with van der Waals surface area (Å²) in [4.78, 5) is 20.8. The van der Waals surface area contributed by atoms with Crippen molar-refractivity contribution in [2.75, 3.05) is 6.54 Å². The fraction of sp³-hybridized carbons (Fsp3) is 0.350. The van der Waals surface area contributed by atoms with E-state index in [1.807, 2.05) is 23.1 Å². The number of aryl methyl sites for hydroxylation is 1. The van der Waals surface area contributed by atoms with Gasteiger partial charge in [-0.05, 0) is 42.0 Å². The number of nitrogens with zero attached hydrogens (tertiary/aromatic N) is 3. The third-order valence-corrected chi connectivity index (χ3v) is 5.78. The normalized spacial score (nSPS) is 16.2. The largest absolute Gasteiger partial charge is 0.485 e. The average molecular weight is 383 g/mol. The van der Waals surface area contributed by atoms with Gasteiger partial charge in [-0.2, -0.15) is 4.98 Å². The van der Waals surface area contributed by atoms with Crippen LogP contribution >= 0.6 is 11.3 Å². The van der Waals surface area contributed by atoms with Gasteiger partial charge in [0.1, 0.15) is 5.75 Å². The highest BCUT2D eigenvalue weighted by atomic mass is 32.1. The molecule has 140 valence electrons. The van der Waals surface area contributed by atoms with Crippen molar-refractivity contribution < 1.29 is 14.1 Å². The van der Waals surface area contributed by atoms with Crippen LogP contribution in [0.25, 0.3) is 0 Å². The van der Waals surface area contributed by atoms with Crippen LogP contribution in [0.1, 0.15) is 51.9 Å². The number of ether oxygens (including phenoxy) is 1. The molecule has 0 saturated carbocycles. The first kappa shape index (κ1) is 17.7. The molecule has 0 saturated heterocycles.